The molecule has 1 aromatic carbocycles. The number of nitrogens with two attached hydrogens (primary N) is 1. The molecule has 1 unspecified atom stereocenters. The minimum atomic E-state index is 0.476. The largest absolute Gasteiger partial charge is 0.491 e. The lowest BCUT2D eigenvalue weighted by Crippen LogP contribution is -2.12. The third-order valence-corrected chi connectivity index (χ3v) is 2.99. The molecule has 0 bridgehead atoms. The van der Waals surface area contributed by atoms with Crippen molar-refractivity contribution in [2.45, 2.75) is 19.8 Å². The molecule has 0 saturated carbocycles. The number of rotatable bonds is 6. The molecular weight excluding hydrogens is 230 g/mol. The van der Waals surface area contributed by atoms with Gasteiger partial charge < -0.3 is 19.9 Å². The minimum Gasteiger partial charge on any atom is -0.491 e. The Morgan fingerprint density at radius 2 is 2.11 bits per heavy atom. The second-order valence-electron chi connectivity index (χ2n) is 4.56. The lowest BCUT2D eigenvalue weighted by Gasteiger charge is -2.14. The average Bonchev–Trinajstić information content (AvgIpc) is 2.89. The predicted molar refractivity (Wildman–Crippen MR) is 71.1 cm³/mol. The van der Waals surface area contributed by atoms with E-state index in [1.165, 1.54) is 0 Å². The molecule has 0 amide bonds. The summed E-state index contributed by atoms with van der Waals surface area (Å²) in [7, 11) is 0. The predicted octanol–water partition coefficient (Wildman–Crippen LogP) is 2.47. The first-order valence-corrected chi connectivity index (χ1v) is 6.53. The van der Waals surface area contributed by atoms with Crippen LogP contribution in [-0.2, 0) is 4.74 Å². The quantitative estimate of drug-likeness (QED) is 0.789. The molecule has 2 rings (SSSR count). The first-order valence-electron chi connectivity index (χ1n) is 6.53. The van der Waals surface area contributed by atoms with Gasteiger partial charge in [-0.3, -0.25) is 0 Å². The van der Waals surface area contributed by atoms with Gasteiger partial charge >= 0.3 is 0 Å². The normalized spacial score (nSPS) is 18.8. The van der Waals surface area contributed by atoms with Crippen LogP contribution in [0.2, 0.25) is 0 Å². The van der Waals surface area contributed by atoms with Gasteiger partial charge in [-0.05, 0) is 25.0 Å². The second-order valence-corrected chi connectivity index (χ2v) is 4.56. The van der Waals surface area contributed by atoms with Crippen LogP contribution in [0.15, 0.2) is 18.2 Å². The maximum atomic E-state index is 6.03. The van der Waals surface area contributed by atoms with E-state index in [0.29, 0.717) is 36.3 Å². The van der Waals surface area contributed by atoms with Crippen LogP contribution in [0.25, 0.3) is 0 Å². The van der Waals surface area contributed by atoms with E-state index in [-0.39, 0.29) is 0 Å². The Kier molecular flexibility index (Phi) is 4.70. The van der Waals surface area contributed by atoms with Gasteiger partial charge in [0, 0.05) is 12.5 Å². The molecule has 4 nitrogen and oxygen atoms in total. The number of benzene rings is 1. The Morgan fingerprint density at radius 1 is 1.33 bits per heavy atom. The molecule has 1 aromatic rings. The summed E-state index contributed by atoms with van der Waals surface area (Å²) in [6.07, 6.45) is 2.02. The Balaban J connectivity index is 1.94. The van der Waals surface area contributed by atoms with E-state index in [2.05, 4.69) is 6.92 Å². The van der Waals surface area contributed by atoms with E-state index < -0.39 is 0 Å². The number of hydrogen-bond donors (Lipinski definition) is 1. The van der Waals surface area contributed by atoms with Crippen molar-refractivity contribution < 1.29 is 14.2 Å². The lowest BCUT2D eigenvalue weighted by molar-refractivity contribution is 0.167. The van der Waals surface area contributed by atoms with Crippen LogP contribution in [-0.4, -0.2) is 26.4 Å². The standard InChI is InChI=1S/C14H21NO3/c1-2-7-17-12-4-3-5-13(14(12)15)18-10-11-6-8-16-9-11/h3-5,11H,2,6-10,15H2,1H3. The zero-order valence-electron chi connectivity index (χ0n) is 10.9. The van der Waals surface area contributed by atoms with Gasteiger partial charge in [-0.2, -0.15) is 0 Å². The summed E-state index contributed by atoms with van der Waals surface area (Å²) in [5.41, 5.74) is 6.62. The molecule has 1 saturated heterocycles. The molecule has 1 heterocycles. The fourth-order valence-corrected chi connectivity index (χ4v) is 1.91. The highest BCUT2D eigenvalue weighted by atomic mass is 16.5. The Morgan fingerprint density at radius 3 is 2.78 bits per heavy atom. The smallest absolute Gasteiger partial charge is 0.146 e. The van der Waals surface area contributed by atoms with Gasteiger partial charge in [0.25, 0.3) is 0 Å². The first-order chi connectivity index (χ1) is 8.81. The number of ether oxygens (including phenoxy) is 3. The summed E-state index contributed by atoms with van der Waals surface area (Å²) in [5.74, 6) is 1.89. The number of anilines is 1. The van der Waals surface area contributed by atoms with Gasteiger partial charge in [0.05, 0.1) is 19.8 Å². The van der Waals surface area contributed by atoms with Gasteiger partial charge in [0.2, 0.25) is 0 Å². The molecule has 0 aromatic heterocycles. The zero-order chi connectivity index (χ0) is 12.8. The molecule has 1 aliphatic heterocycles. The van der Waals surface area contributed by atoms with Crippen molar-refractivity contribution in [2.75, 3.05) is 32.2 Å². The van der Waals surface area contributed by atoms with Crippen molar-refractivity contribution in [3.8, 4) is 11.5 Å². The van der Waals surface area contributed by atoms with Crippen LogP contribution in [0, 0.1) is 5.92 Å². The molecule has 0 aliphatic carbocycles. The summed E-state index contributed by atoms with van der Waals surface area (Å²) in [5, 5.41) is 0. The van der Waals surface area contributed by atoms with E-state index in [1.54, 1.807) is 0 Å². The second kappa shape index (κ2) is 6.50. The SMILES string of the molecule is CCCOc1cccc(OCC2CCOC2)c1N. The van der Waals surface area contributed by atoms with Crippen molar-refractivity contribution in [3.63, 3.8) is 0 Å². The highest BCUT2D eigenvalue weighted by molar-refractivity contribution is 5.62. The van der Waals surface area contributed by atoms with Crippen molar-refractivity contribution in [1.82, 2.24) is 0 Å². The summed E-state index contributed by atoms with van der Waals surface area (Å²) in [6.45, 7) is 5.01. The number of para-hydroxylation sites is 1. The molecular formula is C14H21NO3. The summed E-state index contributed by atoms with van der Waals surface area (Å²) >= 11 is 0. The summed E-state index contributed by atoms with van der Waals surface area (Å²) in [4.78, 5) is 0. The first kappa shape index (κ1) is 13.0. The zero-order valence-corrected chi connectivity index (χ0v) is 10.9. The highest BCUT2D eigenvalue weighted by Gasteiger charge is 2.17. The molecule has 4 heteroatoms. The van der Waals surface area contributed by atoms with Crippen LogP contribution >= 0.6 is 0 Å². The molecule has 1 atom stereocenters. The molecule has 2 N–H and O–H groups in total. The summed E-state index contributed by atoms with van der Waals surface area (Å²) < 4.78 is 16.6. The highest BCUT2D eigenvalue weighted by Crippen LogP contribution is 2.32. The molecule has 18 heavy (non-hydrogen) atoms. The topological polar surface area (TPSA) is 53.7 Å². The van der Waals surface area contributed by atoms with Gasteiger partial charge in [-0.15, -0.1) is 0 Å². The minimum absolute atomic E-state index is 0.476. The van der Waals surface area contributed by atoms with Crippen molar-refractivity contribution >= 4 is 5.69 Å². The van der Waals surface area contributed by atoms with Gasteiger partial charge in [-0.1, -0.05) is 13.0 Å². The molecule has 0 spiro atoms. The number of nitrogen functional groups attached to an aromatic ring is 1. The van der Waals surface area contributed by atoms with Gasteiger partial charge in [0.1, 0.15) is 17.2 Å². The number of hydrogen-bond acceptors (Lipinski definition) is 4. The van der Waals surface area contributed by atoms with Gasteiger partial charge in [0.15, 0.2) is 0 Å². The Bertz CT molecular complexity index is 375. The monoisotopic (exact) mass is 251 g/mol. The van der Waals surface area contributed by atoms with Crippen LogP contribution in [0.3, 0.4) is 0 Å². The fraction of sp³-hybridized carbons (Fsp3) is 0.571. The lowest BCUT2D eigenvalue weighted by atomic mass is 10.1. The maximum Gasteiger partial charge on any atom is 0.146 e. The molecule has 1 aliphatic rings. The van der Waals surface area contributed by atoms with E-state index >= 15 is 0 Å². The molecule has 100 valence electrons. The fourth-order valence-electron chi connectivity index (χ4n) is 1.91. The average molecular weight is 251 g/mol. The molecule has 0 radical (unpaired) electrons. The summed E-state index contributed by atoms with van der Waals surface area (Å²) in [6, 6.07) is 5.66. The van der Waals surface area contributed by atoms with Crippen LogP contribution in [0.5, 0.6) is 11.5 Å². The Hall–Kier alpha value is -1.42. The third-order valence-electron chi connectivity index (χ3n) is 2.99. The molecule has 1 fully saturated rings. The van der Waals surface area contributed by atoms with Gasteiger partial charge in [-0.25, -0.2) is 0 Å². The van der Waals surface area contributed by atoms with E-state index in [1.807, 2.05) is 18.2 Å². The third kappa shape index (κ3) is 3.29. The van der Waals surface area contributed by atoms with Crippen LogP contribution in [0.1, 0.15) is 19.8 Å². The van der Waals surface area contributed by atoms with E-state index in [4.69, 9.17) is 19.9 Å². The van der Waals surface area contributed by atoms with Crippen molar-refractivity contribution in [2.24, 2.45) is 5.92 Å². The van der Waals surface area contributed by atoms with E-state index in [0.717, 1.165) is 26.1 Å². The van der Waals surface area contributed by atoms with Crippen molar-refractivity contribution in [1.29, 1.82) is 0 Å². The van der Waals surface area contributed by atoms with E-state index in [9.17, 15) is 0 Å². The maximum absolute atomic E-state index is 6.03. The van der Waals surface area contributed by atoms with Crippen LogP contribution < -0.4 is 15.2 Å². The Labute approximate surface area is 108 Å². The van der Waals surface area contributed by atoms with Crippen LogP contribution in [0.4, 0.5) is 5.69 Å². The van der Waals surface area contributed by atoms with Crippen molar-refractivity contribution in [3.05, 3.63) is 18.2 Å².